The second-order valence-corrected chi connectivity index (χ2v) is 12.3. The predicted octanol–water partition coefficient (Wildman–Crippen LogP) is 11.2. The fraction of sp³-hybridized carbons (Fsp3) is 0. The monoisotopic (exact) mass is 612 g/mol. The molecule has 224 valence electrons. The highest BCUT2D eigenvalue weighted by molar-refractivity contribution is 6.22. The van der Waals surface area contributed by atoms with Gasteiger partial charge in [0.2, 0.25) is 5.95 Å². The smallest absolute Gasteiger partial charge is 0.235 e. The Bertz CT molecular complexity index is 2760. The van der Waals surface area contributed by atoms with Crippen molar-refractivity contribution in [2.45, 2.75) is 0 Å². The molecule has 4 nitrogen and oxygen atoms in total. The Morgan fingerprint density at radius 3 is 1.54 bits per heavy atom. The van der Waals surface area contributed by atoms with E-state index in [-0.39, 0.29) is 0 Å². The summed E-state index contributed by atoms with van der Waals surface area (Å²) in [4.78, 5) is 10.5. The molecule has 7 aromatic carbocycles. The molecule has 3 aromatic heterocycles. The molecule has 0 unspecified atom stereocenters. The average molecular weight is 613 g/mol. The minimum absolute atomic E-state index is 0.653. The first kappa shape index (κ1) is 26.7. The first-order valence-electron chi connectivity index (χ1n) is 16.3. The SMILES string of the molecule is c1ccc(-c2cc(-c3ccccc3)nc(-n3c4ccccc4c4cc5c(ccc6c7ccccc7n(-c7ccccc7)c56)cc43)n2)cc1. The molecule has 0 N–H and O–H groups in total. The van der Waals surface area contributed by atoms with Crippen LogP contribution in [0.15, 0.2) is 170 Å². The third kappa shape index (κ3) is 4.03. The predicted molar refractivity (Wildman–Crippen MR) is 199 cm³/mol. The molecule has 0 aliphatic carbocycles. The highest BCUT2D eigenvalue weighted by Gasteiger charge is 2.20. The Hall–Kier alpha value is -6.52. The zero-order valence-electron chi connectivity index (χ0n) is 26.0. The lowest BCUT2D eigenvalue weighted by Crippen LogP contribution is -2.04. The van der Waals surface area contributed by atoms with Gasteiger partial charge in [-0.2, -0.15) is 0 Å². The number of aromatic nitrogens is 4. The van der Waals surface area contributed by atoms with Gasteiger partial charge in [-0.15, -0.1) is 0 Å². The summed E-state index contributed by atoms with van der Waals surface area (Å²) < 4.78 is 4.65. The van der Waals surface area contributed by atoms with Crippen molar-refractivity contribution < 1.29 is 0 Å². The maximum Gasteiger partial charge on any atom is 0.235 e. The number of hydrogen-bond acceptors (Lipinski definition) is 2. The largest absolute Gasteiger partial charge is 0.309 e. The number of rotatable bonds is 4. The lowest BCUT2D eigenvalue weighted by atomic mass is 10.0. The maximum atomic E-state index is 5.23. The van der Waals surface area contributed by atoms with Crippen LogP contribution >= 0.6 is 0 Å². The van der Waals surface area contributed by atoms with Crippen LogP contribution in [0.5, 0.6) is 0 Å². The molecule has 0 atom stereocenters. The van der Waals surface area contributed by atoms with Crippen LogP contribution in [0.3, 0.4) is 0 Å². The number of nitrogens with zero attached hydrogens (tertiary/aromatic N) is 4. The third-order valence-corrected chi connectivity index (χ3v) is 9.51. The highest BCUT2D eigenvalue weighted by Crippen LogP contribution is 2.41. The van der Waals surface area contributed by atoms with Crippen molar-refractivity contribution in [2.75, 3.05) is 0 Å². The highest BCUT2D eigenvalue weighted by atomic mass is 15.2. The van der Waals surface area contributed by atoms with Gasteiger partial charge in [0.15, 0.2) is 0 Å². The van der Waals surface area contributed by atoms with Gasteiger partial charge in [0.05, 0.1) is 33.5 Å². The molecule has 10 aromatic rings. The normalized spacial score (nSPS) is 11.8. The number of benzene rings is 7. The van der Waals surface area contributed by atoms with Crippen molar-refractivity contribution in [2.24, 2.45) is 0 Å². The molecule has 48 heavy (non-hydrogen) atoms. The number of fused-ring (bicyclic) bond motifs is 8. The fourth-order valence-corrected chi connectivity index (χ4v) is 7.36. The molecule has 4 heteroatoms. The van der Waals surface area contributed by atoms with E-state index in [4.69, 9.17) is 9.97 Å². The van der Waals surface area contributed by atoms with Gasteiger partial charge >= 0.3 is 0 Å². The molecule has 0 aliphatic heterocycles. The van der Waals surface area contributed by atoms with Gasteiger partial charge in [0.1, 0.15) is 0 Å². The summed E-state index contributed by atoms with van der Waals surface area (Å²) in [5, 5.41) is 7.22. The van der Waals surface area contributed by atoms with Crippen molar-refractivity contribution in [1.82, 2.24) is 19.1 Å². The second-order valence-electron chi connectivity index (χ2n) is 12.3. The van der Waals surface area contributed by atoms with Gasteiger partial charge in [-0.1, -0.05) is 127 Å². The van der Waals surface area contributed by atoms with Crippen molar-refractivity contribution in [3.63, 3.8) is 0 Å². The summed E-state index contributed by atoms with van der Waals surface area (Å²) >= 11 is 0. The van der Waals surface area contributed by atoms with Crippen LogP contribution in [0.2, 0.25) is 0 Å². The second kappa shape index (κ2) is 10.5. The van der Waals surface area contributed by atoms with Gasteiger partial charge in [0, 0.05) is 43.7 Å². The van der Waals surface area contributed by atoms with E-state index < -0.39 is 0 Å². The third-order valence-electron chi connectivity index (χ3n) is 9.51. The molecule has 0 radical (unpaired) electrons. The standard InChI is InChI=1S/C44H28N4/c1-4-14-29(15-5-1)38-28-39(30-16-6-2-7-17-30)46-44(45-38)48-41-23-13-11-21-34(41)37-27-36-31(26-42(37)48)24-25-35-33-20-10-12-22-40(33)47(43(35)36)32-18-8-3-9-19-32/h1-28H. The van der Waals surface area contributed by atoms with Crippen LogP contribution in [0.1, 0.15) is 0 Å². The van der Waals surface area contributed by atoms with E-state index in [1.54, 1.807) is 0 Å². The van der Waals surface area contributed by atoms with Gasteiger partial charge in [-0.3, -0.25) is 4.57 Å². The van der Waals surface area contributed by atoms with E-state index >= 15 is 0 Å². The van der Waals surface area contributed by atoms with E-state index in [2.05, 4.69) is 167 Å². The zero-order chi connectivity index (χ0) is 31.6. The zero-order valence-corrected chi connectivity index (χ0v) is 26.0. The minimum Gasteiger partial charge on any atom is -0.309 e. The van der Waals surface area contributed by atoms with E-state index in [0.29, 0.717) is 5.95 Å². The van der Waals surface area contributed by atoms with Crippen LogP contribution < -0.4 is 0 Å². The summed E-state index contributed by atoms with van der Waals surface area (Å²) in [5.74, 6) is 0.653. The number of hydrogen-bond donors (Lipinski definition) is 0. The molecule has 3 heterocycles. The van der Waals surface area contributed by atoms with E-state index in [9.17, 15) is 0 Å². The Morgan fingerprint density at radius 1 is 0.354 bits per heavy atom. The lowest BCUT2D eigenvalue weighted by Gasteiger charge is -2.12. The average Bonchev–Trinajstić information content (AvgIpc) is 3.67. The van der Waals surface area contributed by atoms with E-state index in [1.165, 1.54) is 43.4 Å². The molecular weight excluding hydrogens is 585 g/mol. The van der Waals surface area contributed by atoms with Crippen LogP contribution in [0, 0.1) is 0 Å². The van der Waals surface area contributed by atoms with Crippen LogP contribution in [0.25, 0.3) is 88.5 Å². The van der Waals surface area contributed by atoms with Crippen molar-refractivity contribution in [3.05, 3.63) is 170 Å². The molecule has 0 aliphatic rings. The van der Waals surface area contributed by atoms with Crippen molar-refractivity contribution >= 4 is 54.4 Å². The number of para-hydroxylation sites is 3. The van der Waals surface area contributed by atoms with Crippen LogP contribution in [0.4, 0.5) is 0 Å². The topological polar surface area (TPSA) is 35.6 Å². The minimum atomic E-state index is 0.653. The fourth-order valence-electron chi connectivity index (χ4n) is 7.36. The lowest BCUT2D eigenvalue weighted by molar-refractivity contribution is 0.996. The Kier molecular flexibility index (Phi) is 5.84. The molecule has 10 rings (SSSR count). The van der Waals surface area contributed by atoms with Crippen molar-refractivity contribution in [1.29, 1.82) is 0 Å². The summed E-state index contributed by atoms with van der Waals surface area (Å²) in [6.07, 6.45) is 0. The first-order valence-corrected chi connectivity index (χ1v) is 16.3. The summed E-state index contributed by atoms with van der Waals surface area (Å²) in [7, 11) is 0. The Labute approximate surface area is 276 Å². The summed E-state index contributed by atoms with van der Waals surface area (Å²) in [6, 6.07) is 60.1. The molecule has 0 amide bonds. The molecule has 0 saturated heterocycles. The van der Waals surface area contributed by atoms with Gasteiger partial charge in [-0.05, 0) is 47.9 Å². The summed E-state index contributed by atoms with van der Waals surface area (Å²) in [5.41, 5.74) is 9.61. The summed E-state index contributed by atoms with van der Waals surface area (Å²) in [6.45, 7) is 0. The molecule has 0 spiro atoms. The van der Waals surface area contributed by atoms with Gasteiger partial charge in [-0.25, -0.2) is 9.97 Å². The van der Waals surface area contributed by atoms with Crippen LogP contribution in [-0.2, 0) is 0 Å². The molecule has 0 fully saturated rings. The molecule has 0 bridgehead atoms. The van der Waals surface area contributed by atoms with E-state index in [1.807, 2.05) is 12.1 Å². The van der Waals surface area contributed by atoms with Gasteiger partial charge < -0.3 is 4.57 Å². The quantitative estimate of drug-likeness (QED) is 0.198. The van der Waals surface area contributed by atoms with Crippen molar-refractivity contribution in [3.8, 4) is 34.2 Å². The Balaban J connectivity index is 1.31. The molecule has 0 saturated carbocycles. The van der Waals surface area contributed by atoms with Crippen LogP contribution in [-0.4, -0.2) is 19.1 Å². The van der Waals surface area contributed by atoms with E-state index in [0.717, 1.165) is 39.2 Å². The maximum absolute atomic E-state index is 5.23. The van der Waals surface area contributed by atoms with Gasteiger partial charge in [0.25, 0.3) is 0 Å². The Morgan fingerprint density at radius 2 is 0.896 bits per heavy atom. The first-order chi connectivity index (χ1) is 23.8. The molecular formula is C44H28N4.